The van der Waals surface area contributed by atoms with E-state index in [1.165, 1.54) is 25.5 Å². The van der Waals surface area contributed by atoms with Crippen LogP contribution >= 0.6 is 0 Å². The van der Waals surface area contributed by atoms with Gasteiger partial charge in [-0.15, -0.1) is 0 Å². The first-order valence-corrected chi connectivity index (χ1v) is 11.5. The monoisotopic (exact) mass is 440 g/mol. The summed E-state index contributed by atoms with van der Waals surface area (Å²) in [5.41, 5.74) is 5.92. The van der Waals surface area contributed by atoms with E-state index in [9.17, 15) is 9.18 Å². The van der Waals surface area contributed by atoms with Gasteiger partial charge in [0, 0.05) is 29.9 Å². The van der Waals surface area contributed by atoms with Gasteiger partial charge in [0.25, 0.3) is 0 Å². The molecular formula is C25H33FN4O2. The van der Waals surface area contributed by atoms with Crippen LogP contribution in [0.1, 0.15) is 69.5 Å². The zero-order chi connectivity index (χ0) is 22.9. The van der Waals surface area contributed by atoms with Crippen LogP contribution in [-0.2, 0) is 0 Å². The number of pyridine rings is 1. The summed E-state index contributed by atoms with van der Waals surface area (Å²) < 4.78 is 21.6. The van der Waals surface area contributed by atoms with Gasteiger partial charge in [-0.05, 0) is 49.6 Å². The molecule has 1 aromatic carbocycles. The lowest BCUT2D eigenvalue weighted by Crippen LogP contribution is -2.27. The molecule has 0 spiro atoms. The molecule has 0 aliphatic rings. The van der Waals surface area contributed by atoms with Gasteiger partial charge in [-0.25, -0.2) is 9.18 Å². The number of fused-ring (bicyclic) bond motifs is 1. The van der Waals surface area contributed by atoms with Crippen LogP contribution in [0.3, 0.4) is 0 Å². The minimum atomic E-state index is -0.436. The minimum Gasteiger partial charge on any atom is -0.410 e. The molecule has 3 rings (SSSR count). The molecule has 6 nitrogen and oxygen atoms in total. The third kappa shape index (κ3) is 5.99. The molecule has 0 fully saturated rings. The lowest BCUT2D eigenvalue weighted by Gasteiger charge is -2.20. The molecule has 2 N–H and O–H groups in total. The number of unbranched alkanes of at least 4 members (excludes halogenated alkanes) is 4. The first-order valence-electron chi connectivity index (χ1n) is 11.5. The summed E-state index contributed by atoms with van der Waals surface area (Å²) in [5, 5.41) is 3.78. The highest BCUT2D eigenvalue weighted by molar-refractivity contribution is 5.86. The number of ether oxygens (including phenoxy) is 1. The summed E-state index contributed by atoms with van der Waals surface area (Å²) in [4.78, 5) is 15.9. The van der Waals surface area contributed by atoms with Crippen molar-refractivity contribution in [3.8, 4) is 5.75 Å². The summed E-state index contributed by atoms with van der Waals surface area (Å²) in [6.07, 6.45) is 10.8. The van der Waals surface area contributed by atoms with Gasteiger partial charge in [0.15, 0.2) is 0 Å². The van der Waals surface area contributed by atoms with Gasteiger partial charge in [0.2, 0.25) is 0 Å². The molecule has 0 bridgehead atoms. The van der Waals surface area contributed by atoms with Crippen molar-refractivity contribution in [1.29, 1.82) is 0 Å². The highest BCUT2D eigenvalue weighted by Gasteiger charge is 2.16. The standard InChI is InChI=1S/C25H33FN4O2/c1-4-6-7-8-9-13-28-25(31)32-19-10-11-24-21(15-19)18(3)17-30(24)29-23(5-2)20-12-14-27-16-22(20)26/h10-12,14-17,23,29H,4-9,13H2,1-3H3,(H,28,31). The molecular weight excluding hydrogens is 407 g/mol. The van der Waals surface area contributed by atoms with E-state index in [-0.39, 0.29) is 11.9 Å². The molecule has 1 unspecified atom stereocenters. The Balaban J connectivity index is 1.65. The quantitative estimate of drug-likeness (QED) is 0.347. The Bertz CT molecular complexity index is 1030. The van der Waals surface area contributed by atoms with Gasteiger partial charge in [-0.2, -0.15) is 0 Å². The first-order chi connectivity index (χ1) is 15.5. The van der Waals surface area contributed by atoms with Gasteiger partial charge >= 0.3 is 6.09 Å². The predicted molar refractivity (Wildman–Crippen MR) is 126 cm³/mol. The maximum atomic E-state index is 14.2. The lowest BCUT2D eigenvalue weighted by molar-refractivity contribution is 0.200. The molecule has 0 aliphatic carbocycles. The minimum absolute atomic E-state index is 0.202. The number of carbonyl (C=O) groups excluding carboxylic acids is 1. The number of halogens is 1. The van der Waals surface area contributed by atoms with Gasteiger partial charge in [-0.1, -0.05) is 39.5 Å². The number of hydrogen-bond acceptors (Lipinski definition) is 4. The van der Waals surface area contributed by atoms with Crippen LogP contribution in [-0.4, -0.2) is 22.3 Å². The Morgan fingerprint density at radius 1 is 1.19 bits per heavy atom. The molecule has 2 aromatic heterocycles. The van der Waals surface area contributed by atoms with Crippen LogP contribution in [0.4, 0.5) is 9.18 Å². The van der Waals surface area contributed by atoms with Crippen molar-refractivity contribution in [1.82, 2.24) is 15.0 Å². The van der Waals surface area contributed by atoms with Gasteiger partial charge in [-0.3, -0.25) is 9.66 Å². The average Bonchev–Trinajstić information content (AvgIpc) is 3.09. The number of aromatic nitrogens is 2. The Morgan fingerprint density at radius 2 is 2.00 bits per heavy atom. The van der Waals surface area contributed by atoms with Crippen LogP contribution < -0.4 is 15.5 Å². The number of carbonyl (C=O) groups is 1. The lowest BCUT2D eigenvalue weighted by atomic mass is 10.1. The molecule has 1 atom stereocenters. The van der Waals surface area contributed by atoms with Crippen molar-refractivity contribution in [3.05, 3.63) is 59.8 Å². The fraction of sp³-hybridized carbons (Fsp3) is 0.440. The maximum Gasteiger partial charge on any atom is 0.412 e. The molecule has 2 heterocycles. The van der Waals surface area contributed by atoms with E-state index in [1.54, 1.807) is 18.3 Å². The molecule has 0 saturated heterocycles. The number of hydrogen-bond donors (Lipinski definition) is 2. The van der Waals surface area contributed by atoms with Gasteiger partial charge < -0.3 is 15.5 Å². The molecule has 0 radical (unpaired) electrons. The van der Waals surface area contributed by atoms with E-state index < -0.39 is 6.09 Å². The van der Waals surface area contributed by atoms with Crippen molar-refractivity contribution in [2.75, 3.05) is 12.0 Å². The summed E-state index contributed by atoms with van der Waals surface area (Å²) in [6.45, 7) is 6.80. The van der Waals surface area contributed by atoms with Gasteiger partial charge in [0.1, 0.15) is 11.6 Å². The fourth-order valence-corrected chi connectivity index (χ4v) is 3.82. The first kappa shape index (κ1) is 23.6. The second-order valence-electron chi connectivity index (χ2n) is 8.08. The van der Waals surface area contributed by atoms with Crippen LogP contribution in [0.15, 0.2) is 42.9 Å². The number of nitrogens with one attached hydrogen (secondary N) is 2. The zero-order valence-corrected chi connectivity index (χ0v) is 19.2. The van der Waals surface area contributed by atoms with Crippen molar-refractivity contribution in [2.45, 2.75) is 65.3 Å². The van der Waals surface area contributed by atoms with Crippen molar-refractivity contribution < 1.29 is 13.9 Å². The van der Waals surface area contributed by atoms with Crippen molar-refractivity contribution in [2.24, 2.45) is 0 Å². The normalized spacial score (nSPS) is 12.0. The number of benzene rings is 1. The molecule has 7 heteroatoms. The van der Waals surface area contributed by atoms with E-state index in [2.05, 4.69) is 22.7 Å². The molecule has 0 saturated carbocycles. The van der Waals surface area contributed by atoms with Crippen LogP contribution in [0.25, 0.3) is 10.9 Å². The fourth-order valence-electron chi connectivity index (χ4n) is 3.82. The molecule has 1 amide bonds. The largest absolute Gasteiger partial charge is 0.412 e. The Kier molecular flexibility index (Phi) is 8.48. The molecule has 0 aliphatic heterocycles. The smallest absolute Gasteiger partial charge is 0.410 e. The molecule has 32 heavy (non-hydrogen) atoms. The highest BCUT2D eigenvalue weighted by atomic mass is 19.1. The number of amides is 1. The van der Waals surface area contributed by atoms with Crippen molar-refractivity contribution >= 4 is 17.0 Å². The van der Waals surface area contributed by atoms with E-state index >= 15 is 0 Å². The Morgan fingerprint density at radius 3 is 2.75 bits per heavy atom. The summed E-state index contributed by atoms with van der Waals surface area (Å²) in [6, 6.07) is 7.03. The average molecular weight is 441 g/mol. The second-order valence-corrected chi connectivity index (χ2v) is 8.08. The Labute approximate surface area is 189 Å². The van der Waals surface area contributed by atoms with Crippen LogP contribution in [0, 0.1) is 12.7 Å². The number of nitrogens with zero attached hydrogens (tertiary/aromatic N) is 2. The number of rotatable bonds is 11. The second kappa shape index (κ2) is 11.5. The van der Waals surface area contributed by atoms with Gasteiger partial charge in [0.05, 0.1) is 17.8 Å². The summed E-state index contributed by atoms with van der Waals surface area (Å²) in [7, 11) is 0. The summed E-state index contributed by atoms with van der Waals surface area (Å²) >= 11 is 0. The van der Waals surface area contributed by atoms with Crippen molar-refractivity contribution in [3.63, 3.8) is 0 Å². The molecule has 172 valence electrons. The summed E-state index contributed by atoms with van der Waals surface area (Å²) in [5.74, 6) is 0.168. The maximum absolute atomic E-state index is 14.2. The van der Waals surface area contributed by atoms with Crippen LogP contribution in [0.5, 0.6) is 5.75 Å². The Hall–Kier alpha value is -3.09. The molecule has 3 aromatic rings. The van der Waals surface area contributed by atoms with E-state index in [4.69, 9.17) is 4.74 Å². The number of aryl methyl sites for hydroxylation is 1. The third-order valence-corrected chi connectivity index (χ3v) is 5.62. The zero-order valence-electron chi connectivity index (χ0n) is 19.2. The van der Waals surface area contributed by atoms with E-state index in [0.29, 0.717) is 24.3 Å². The topological polar surface area (TPSA) is 68.2 Å². The van der Waals surface area contributed by atoms with E-state index in [0.717, 1.165) is 29.3 Å². The highest BCUT2D eigenvalue weighted by Crippen LogP contribution is 2.27. The third-order valence-electron chi connectivity index (χ3n) is 5.62. The van der Waals surface area contributed by atoms with Crippen LogP contribution in [0.2, 0.25) is 0 Å². The van der Waals surface area contributed by atoms with E-state index in [1.807, 2.05) is 36.9 Å². The predicted octanol–water partition coefficient (Wildman–Crippen LogP) is 6.24. The SMILES string of the molecule is CCCCCCCNC(=O)Oc1ccc2c(c1)c(C)cn2NC(CC)c1ccncc1F.